The zero-order valence-electron chi connectivity index (χ0n) is 13.8. The van der Waals surface area contributed by atoms with Crippen LogP contribution in [0.3, 0.4) is 0 Å². The normalized spacial score (nSPS) is 15.3. The van der Waals surface area contributed by atoms with Gasteiger partial charge in [0.2, 0.25) is 0 Å². The highest BCUT2D eigenvalue weighted by molar-refractivity contribution is 4.88. The molecule has 19 heavy (non-hydrogen) atoms. The molecule has 0 radical (unpaired) electrons. The summed E-state index contributed by atoms with van der Waals surface area (Å²) >= 11 is 0. The highest BCUT2D eigenvalue weighted by Gasteiger charge is 2.27. The molecule has 0 spiro atoms. The predicted octanol–water partition coefficient (Wildman–Crippen LogP) is 3.85. The molecule has 2 heteroatoms. The number of hydrogen-bond donors (Lipinski definition) is 1. The maximum absolute atomic E-state index is 3.85. The molecule has 0 aliphatic rings. The van der Waals surface area contributed by atoms with Crippen molar-refractivity contribution in [3.8, 4) is 0 Å². The van der Waals surface area contributed by atoms with Gasteiger partial charge in [0.15, 0.2) is 0 Å². The van der Waals surface area contributed by atoms with Crippen molar-refractivity contribution >= 4 is 0 Å². The van der Waals surface area contributed by atoms with Gasteiger partial charge in [-0.3, -0.25) is 4.90 Å². The molecule has 1 N–H and O–H groups in total. The molecule has 112 valence electrons. The zero-order chi connectivity index (χ0) is 14.9. The summed E-state index contributed by atoms with van der Waals surface area (Å²) in [5.74, 6) is 0. The fraction of sp³-hybridized carbons (Fsp3) is 0.765. The molecule has 0 fully saturated rings. The Labute approximate surface area is 121 Å². The summed E-state index contributed by atoms with van der Waals surface area (Å²) in [6.07, 6.45) is 6.42. The minimum absolute atomic E-state index is 0.177. The van der Waals surface area contributed by atoms with Gasteiger partial charge in [-0.1, -0.05) is 32.4 Å². The van der Waals surface area contributed by atoms with Gasteiger partial charge in [-0.2, -0.15) is 0 Å². The molecule has 0 aromatic rings. The standard InChI is InChI=1S/C17H34N2/c1-8-11-17(7,14-18-16(4,5)6)15-19(12-9-2)13-10-3/h9-10,18H,2-3,8,11-15H2,1,4-7H3. The van der Waals surface area contributed by atoms with Crippen LogP contribution in [0.25, 0.3) is 0 Å². The second-order valence-electron chi connectivity index (χ2n) is 6.94. The maximum Gasteiger partial charge on any atom is 0.0164 e. The monoisotopic (exact) mass is 266 g/mol. The summed E-state index contributed by atoms with van der Waals surface area (Å²) in [7, 11) is 0. The van der Waals surface area contributed by atoms with Crippen LogP contribution in [0.1, 0.15) is 47.5 Å². The van der Waals surface area contributed by atoms with Gasteiger partial charge in [-0.15, -0.1) is 13.2 Å². The van der Waals surface area contributed by atoms with Crippen LogP contribution in [0, 0.1) is 5.41 Å². The summed E-state index contributed by atoms with van der Waals surface area (Å²) in [5.41, 5.74) is 0.477. The summed E-state index contributed by atoms with van der Waals surface area (Å²) in [4.78, 5) is 2.42. The average Bonchev–Trinajstić information content (AvgIpc) is 2.27. The third-order valence-electron chi connectivity index (χ3n) is 3.28. The molecule has 0 rings (SSSR count). The first-order valence-electron chi connectivity index (χ1n) is 7.45. The van der Waals surface area contributed by atoms with Crippen molar-refractivity contribution in [1.82, 2.24) is 10.2 Å². The van der Waals surface area contributed by atoms with E-state index in [0.717, 1.165) is 26.2 Å². The zero-order valence-corrected chi connectivity index (χ0v) is 13.8. The van der Waals surface area contributed by atoms with Crippen LogP contribution in [0.5, 0.6) is 0 Å². The van der Waals surface area contributed by atoms with E-state index in [1.165, 1.54) is 12.8 Å². The molecule has 0 amide bonds. The maximum atomic E-state index is 3.85. The van der Waals surface area contributed by atoms with E-state index in [1.54, 1.807) is 0 Å². The lowest BCUT2D eigenvalue weighted by Gasteiger charge is -2.37. The van der Waals surface area contributed by atoms with Crippen molar-refractivity contribution in [2.24, 2.45) is 5.41 Å². The highest BCUT2D eigenvalue weighted by atomic mass is 15.1. The molecule has 1 atom stereocenters. The van der Waals surface area contributed by atoms with Crippen molar-refractivity contribution in [1.29, 1.82) is 0 Å². The molecule has 1 unspecified atom stereocenters. The number of nitrogens with zero attached hydrogens (tertiary/aromatic N) is 1. The Morgan fingerprint density at radius 1 is 1.05 bits per heavy atom. The molecular weight excluding hydrogens is 232 g/mol. The second-order valence-corrected chi connectivity index (χ2v) is 6.94. The Morgan fingerprint density at radius 2 is 1.58 bits per heavy atom. The molecule has 0 heterocycles. The highest BCUT2D eigenvalue weighted by Crippen LogP contribution is 2.25. The number of rotatable bonds is 10. The predicted molar refractivity (Wildman–Crippen MR) is 87.6 cm³/mol. The fourth-order valence-electron chi connectivity index (χ4n) is 2.41. The topological polar surface area (TPSA) is 15.3 Å². The molecule has 0 aromatic heterocycles. The SMILES string of the molecule is C=CCN(CC=C)CC(C)(CCC)CNC(C)(C)C. The molecule has 0 saturated heterocycles. The molecule has 0 aliphatic carbocycles. The number of nitrogens with one attached hydrogen (secondary N) is 1. The quantitative estimate of drug-likeness (QED) is 0.604. The van der Waals surface area contributed by atoms with Crippen LogP contribution in [0.4, 0.5) is 0 Å². The van der Waals surface area contributed by atoms with Crippen LogP contribution in [0.15, 0.2) is 25.3 Å². The van der Waals surface area contributed by atoms with Gasteiger partial charge in [0, 0.05) is 31.7 Å². The van der Waals surface area contributed by atoms with E-state index in [0.29, 0.717) is 5.41 Å². The first-order valence-corrected chi connectivity index (χ1v) is 7.45. The Hall–Kier alpha value is -0.600. The second kappa shape index (κ2) is 8.55. The first kappa shape index (κ1) is 18.4. The summed E-state index contributed by atoms with van der Waals surface area (Å²) in [6, 6.07) is 0. The fourth-order valence-corrected chi connectivity index (χ4v) is 2.41. The lowest BCUT2D eigenvalue weighted by molar-refractivity contribution is 0.160. The third-order valence-corrected chi connectivity index (χ3v) is 3.28. The van der Waals surface area contributed by atoms with Crippen LogP contribution in [0.2, 0.25) is 0 Å². The molecule has 0 saturated carbocycles. The van der Waals surface area contributed by atoms with E-state index < -0.39 is 0 Å². The van der Waals surface area contributed by atoms with E-state index in [2.05, 4.69) is 58.0 Å². The van der Waals surface area contributed by atoms with Crippen molar-refractivity contribution < 1.29 is 0 Å². The summed E-state index contributed by atoms with van der Waals surface area (Å²) in [5, 5.41) is 3.66. The van der Waals surface area contributed by atoms with E-state index >= 15 is 0 Å². The van der Waals surface area contributed by atoms with E-state index in [4.69, 9.17) is 0 Å². The van der Waals surface area contributed by atoms with Gasteiger partial charge in [-0.05, 0) is 32.6 Å². The minimum Gasteiger partial charge on any atom is -0.311 e. The van der Waals surface area contributed by atoms with Crippen LogP contribution < -0.4 is 5.32 Å². The number of hydrogen-bond acceptors (Lipinski definition) is 2. The van der Waals surface area contributed by atoms with E-state index in [-0.39, 0.29) is 5.54 Å². The molecule has 2 nitrogen and oxygen atoms in total. The largest absolute Gasteiger partial charge is 0.311 e. The van der Waals surface area contributed by atoms with Crippen LogP contribution in [-0.2, 0) is 0 Å². The third kappa shape index (κ3) is 9.01. The van der Waals surface area contributed by atoms with Gasteiger partial charge < -0.3 is 5.32 Å². The minimum atomic E-state index is 0.177. The van der Waals surface area contributed by atoms with Crippen LogP contribution >= 0.6 is 0 Å². The summed E-state index contributed by atoms with van der Waals surface area (Å²) < 4.78 is 0. The van der Waals surface area contributed by atoms with Crippen molar-refractivity contribution in [3.63, 3.8) is 0 Å². The van der Waals surface area contributed by atoms with E-state index in [1.807, 2.05) is 12.2 Å². The average molecular weight is 266 g/mol. The molecule has 0 aliphatic heterocycles. The molecular formula is C17H34N2. The van der Waals surface area contributed by atoms with Crippen molar-refractivity contribution in [3.05, 3.63) is 25.3 Å². The van der Waals surface area contributed by atoms with Gasteiger partial charge in [0.05, 0.1) is 0 Å². The first-order chi connectivity index (χ1) is 8.76. The van der Waals surface area contributed by atoms with Gasteiger partial charge in [0.25, 0.3) is 0 Å². The van der Waals surface area contributed by atoms with Crippen molar-refractivity contribution in [2.45, 2.75) is 53.0 Å². The molecule has 0 aromatic carbocycles. The Bertz CT molecular complexity index is 255. The lowest BCUT2D eigenvalue weighted by Crippen LogP contribution is -2.47. The van der Waals surface area contributed by atoms with Crippen LogP contribution in [-0.4, -0.2) is 36.6 Å². The Morgan fingerprint density at radius 3 is 1.95 bits per heavy atom. The summed E-state index contributed by atoms with van der Waals surface area (Å²) in [6.45, 7) is 23.0. The van der Waals surface area contributed by atoms with Crippen molar-refractivity contribution in [2.75, 3.05) is 26.2 Å². The lowest BCUT2D eigenvalue weighted by atomic mass is 9.84. The van der Waals surface area contributed by atoms with E-state index in [9.17, 15) is 0 Å². The van der Waals surface area contributed by atoms with Gasteiger partial charge in [0.1, 0.15) is 0 Å². The molecule has 0 bridgehead atoms. The smallest absolute Gasteiger partial charge is 0.0164 e. The Kier molecular flexibility index (Phi) is 8.28. The van der Waals surface area contributed by atoms with Gasteiger partial charge >= 0.3 is 0 Å². The van der Waals surface area contributed by atoms with Gasteiger partial charge in [-0.25, -0.2) is 0 Å². The Balaban J connectivity index is 4.64.